The van der Waals surface area contributed by atoms with Gasteiger partial charge in [-0.15, -0.1) is 0 Å². The Hall–Kier alpha value is -3.83. The first kappa shape index (κ1) is 23.8. The van der Waals surface area contributed by atoms with Crippen LogP contribution < -0.4 is 14.8 Å². The average molecular weight is 511 g/mol. The smallest absolute Gasteiger partial charge is 0.266 e. The number of nitrogens with zero attached hydrogens (tertiary/aromatic N) is 1. The largest absolute Gasteiger partial charge is 0.508 e. The van der Waals surface area contributed by atoms with Crippen molar-refractivity contribution in [1.29, 1.82) is 5.26 Å². The van der Waals surface area contributed by atoms with Gasteiger partial charge in [0.1, 0.15) is 29.8 Å². The maximum atomic E-state index is 13.9. The summed E-state index contributed by atoms with van der Waals surface area (Å²) in [6.45, 7) is 2.16. The SMILES string of the molecule is CCOc1cc(/C=C(\C#N)C(=O)Nc2ccc(O)cc2)cc(Br)c1OCc1ccccc1F. The van der Waals surface area contributed by atoms with E-state index < -0.39 is 5.91 Å². The third kappa shape index (κ3) is 6.34. The molecule has 0 aliphatic carbocycles. The van der Waals surface area contributed by atoms with Crippen molar-refractivity contribution >= 4 is 33.6 Å². The Labute approximate surface area is 199 Å². The summed E-state index contributed by atoms with van der Waals surface area (Å²) >= 11 is 3.43. The van der Waals surface area contributed by atoms with Crippen LogP contribution in [-0.2, 0) is 11.4 Å². The van der Waals surface area contributed by atoms with E-state index >= 15 is 0 Å². The number of amides is 1. The number of carbonyl (C=O) groups excluding carboxylic acids is 1. The highest BCUT2D eigenvalue weighted by molar-refractivity contribution is 9.10. The predicted molar refractivity (Wildman–Crippen MR) is 126 cm³/mol. The van der Waals surface area contributed by atoms with E-state index in [4.69, 9.17) is 9.47 Å². The molecule has 0 saturated heterocycles. The number of hydrogen-bond acceptors (Lipinski definition) is 5. The maximum Gasteiger partial charge on any atom is 0.266 e. The summed E-state index contributed by atoms with van der Waals surface area (Å²) in [4.78, 5) is 12.5. The first-order valence-corrected chi connectivity index (χ1v) is 10.7. The highest BCUT2D eigenvalue weighted by Crippen LogP contribution is 2.38. The van der Waals surface area contributed by atoms with Crippen molar-refractivity contribution in [3.63, 3.8) is 0 Å². The van der Waals surface area contributed by atoms with Crippen LogP contribution >= 0.6 is 15.9 Å². The lowest BCUT2D eigenvalue weighted by Crippen LogP contribution is -2.13. The summed E-state index contributed by atoms with van der Waals surface area (Å²) in [5, 5.41) is 21.5. The fourth-order valence-corrected chi connectivity index (χ4v) is 3.47. The molecular weight excluding hydrogens is 491 g/mol. The van der Waals surface area contributed by atoms with E-state index in [-0.39, 0.29) is 23.7 Å². The molecule has 3 aromatic carbocycles. The molecule has 0 spiro atoms. The highest BCUT2D eigenvalue weighted by atomic mass is 79.9. The summed E-state index contributed by atoms with van der Waals surface area (Å²) in [5.74, 6) is -0.147. The molecule has 0 bridgehead atoms. The average Bonchev–Trinajstić information content (AvgIpc) is 2.79. The second-order valence-electron chi connectivity index (χ2n) is 6.81. The second-order valence-corrected chi connectivity index (χ2v) is 7.67. The Morgan fingerprint density at radius 2 is 1.91 bits per heavy atom. The van der Waals surface area contributed by atoms with Gasteiger partial charge in [0.15, 0.2) is 11.5 Å². The maximum absolute atomic E-state index is 13.9. The van der Waals surface area contributed by atoms with Crippen molar-refractivity contribution in [1.82, 2.24) is 0 Å². The van der Waals surface area contributed by atoms with Crippen molar-refractivity contribution < 1.29 is 23.8 Å². The van der Waals surface area contributed by atoms with E-state index in [2.05, 4.69) is 21.2 Å². The summed E-state index contributed by atoms with van der Waals surface area (Å²) in [6.07, 6.45) is 1.42. The number of rotatable bonds is 8. The molecule has 0 unspecified atom stereocenters. The monoisotopic (exact) mass is 510 g/mol. The van der Waals surface area contributed by atoms with Gasteiger partial charge in [0, 0.05) is 11.3 Å². The third-order valence-electron chi connectivity index (χ3n) is 4.46. The second kappa shape index (κ2) is 11.2. The van der Waals surface area contributed by atoms with Crippen molar-refractivity contribution in [2.24, 2.45) is 0 Å². The number of phenolic OH excluding ortho intramolecular Hbond substituents is 1. The topological polar surface area (TPSA) is 91.6 Å². The van der Waals surface area contributed by atoms with E-state index in [0.717, 1.165) is 0 Å². The lowest BCUT2D eigenvalue weighted by molar-refractivity contribution is -0.112. The molecule has 33 heavy (non-hydrogen) atoms. The van der Waals surface area contributed by atoms with E-state index in [1.165, 1.54) is 36.4 Å². The fraction of sp³-hybridized carbons (Fsp3) is 0.120. The molecule has 3 aromatic rings. The van der Waals surface area contributed by atoms with Crippen molar-refractivity contribution in [3.05, 3.63) is 87.7 Å². The molecular formula is C25H20BrFN2O4. The van der Waals surface area contributed by atoms with Crippen molar-refractivity contribution in [2.45, 2.75) is 13.5 Å². The molecule has 0 atom stereocenters. The molecule has 0 aliphatic rings. The van der Waals surface area contributed by atoms with Crippen LogP contribution in [0.25, 0.3) is 6.08 Å². The van der Waals surface area contributed by atoms with Gasteiger partial charge >= 0.3 is 0 Å². The van der Waals surface area contributed by atoms with Gasteiger partial charge in [-0.2, -0.15) is 5.26 Å². The quantitative estimate of drug-likeness (QED) is 0.226. The van der Waals surface area contributed by atoms with Gasteiger partial charge in [-0.25, -0.2) is 4.39 Å². The number of hydrogen-bond donors (Lipinski definition) is 2. The Bertz CT molecular complexity index is 1220. The number of aromatic hydroxyl groups is 1. The van der Waals surface area contributed by atoms with E-state index in [1.54, 1.807) is 30.3 Å². The standard InChI is InChI=1S/C25H20BrFN2O4/c1-2-32-23-13-16(11-18(14-28)25(31)29-19-7-9-20(30)10-8-19)12-21(26)24(23)33-15-17-5-3-4-6-22(17)27/h3-13,30H,2,15H2,1H3,(H,29,31)/b18-11+. The molecule has 168 valence electrons. The summed E-state index contributed by atoms with van der Waals surface area (Å²) < 4.78 is 25.9. The Morgan fingerprint density at radius 1 is 1.18 bits per heavy atom. The predicted octanol–water partition coefficient (Wildman–Crippen LogP) is 5.82. The lowest BCUT2D eigenvalue weighted by Gasteiger charge is -2.15. The number of anilines is 1. The molecule has 0 aromatic heterocycles. The minimum Gasteiger partial charge on any atom is -0.508 e. The molecule has 0 heterocycles. The van der Waals surface area contributed by atoms with Gasteiger partial charge in [0.05, 0.1) is 11.1 Å². The Morgan fingerprint density at radius 3 is 2.58 bits per heavy atom. The molecule has 1 amide bonds. The minimum absolute atomic E-state index is 0.000977. The molecule has 0 aliphatic heterocycles. The molecule has 0 fully saturated rings. The number of carbonyl (C=O) groups is 1. The van der Waals surface area contributed by atoms with Crippen molar-refractivity contribution in [2.75, 3.05) is 11.9 Å². The molecule has 3 rings (SSSR count). The van der Waals surface area contributed by atoms with Crippen LogP contribution in [-0.4, -0.2) is 17.6 Å². The fourth-order valence-electron chi connectivity index (χ4n) is 2.90. The summed E-state index contributed by atoms with van der Waals surface area (Å²) in [5.41, 5.74) is 1.24. The van der Waals surface area contributed by atoms with Gasteiger partial charge in [0.25, 0.3) is 5.91 Å². The minimum atomic E-state index is -0.600. The number of halogens is 2. The van der Waals surface area contributed by atoms with Crippen molar-refractivity contribution in [3.8, 4) is 23.3 Å². The third-order valence-corrected chi connectivity index (χ3v) is 5.05. The van der Waals surface area contributed by atoms with Gasteiger partial charge in [-0.1, -0.05) is 18.2 Å². The number of nitriles is 1. The molecule has 0 radical (unpaired) electrons. The van der Waals surface area contributed by atoms with Crippen LogP contribution in [0.1, 0.15) is 18.1 Å². The Kier molecular flexibility index (Phi) is 8.06. The van der Waals surface area contributed by atoms with Crippen LogP contribution in [0.5, 0.6) is 17.2 Å². The number of nitrogens with one attached hydrogen (secondary N) is 1. The first-order valence-electron chi connectivity index (χ1n) is 9.96. The zero-order chi connectivity index (χ0) is 23.8. The van der Waals surface area contributed by atoms with E-state index in [0.29, 0.717) is 39.4 Å². The number of phenols is 1. The van der Waals surface area contributed by atoms with Crippen LogP contribution in [0, 0.1) is 17.1 Å². The molecule has 2 N–H and O–H groups in total. The van der Waals surface area contributed by atoms with Gasteiger partial charge in [-0.05, 0) is 77.0 Å². The van der Waals surface area contributed by atoms with Gasteiger partial charge in [-0.3, -0.25) is 4.79 Å². The summed E-state index contributed by atoms with van der Waals surface area (Å²) in [7, 11) is 0. The number of benzene rings is 3. The first-order chi connectivity index (χ1) is 15.9. The van der Waals surface area contributed by atoms with Crippen LogP contribution in [0.3, 0.4) is 0 Å². The van der Waals surface area contributed by atoms with Crippen LogP contribution in [0.2, 0.25) is 0 Å². The zero-order valence-electron chi connectivity index (χ0n) is 17.6. The van der Waals surface area contributed by atoms with Crippen LogP contribution in [0.4, 0.5) is 10.1 Å². The van der Waals surface area contributed by atoms with Crippen LogP contribution in [0.15, 0.2) is 70.7 Å². The molecule has 0 saturated carbocycles. The normalized spacial score (nSPS) is 10.9. The highest BCUT2D eigenvalue weighted by Gasteiger charge is 2.15. The van der Waals surface area contributed by atoms with Gasteiger partial charge < -0.3 is 19.9 Å². The van der Waals surface area contributed by atoms with E-state index in [9.17, 15) is 19.6 Å². The molecule has 8 heteroatoms. The number of ether oxygens (including phenoxy) is 2. The Balaban J connectivity index is 1.85. The molecule has 6 nitrogen and oxygen atoms in total. The zero-order valence-corrected chi connectivity index (χ0v) is 19.2. The summed E-state index contributed by atoms with van der Waals surface area (Å²) in [6, 6.07) is 17.4. The van der Waals surface area contributed by atoms with Gasteiger partial charge in [0.2, 0.25) is 0 Å². The lowest BCUT2D eigenvalue weighted by atomic mass is 10.1. The van der Waals surface area contributed by atoms with E-state index in [1.807, 2.05) is 13.0 Å².